The van der Waals surface area contributed by atoms with Gasteiger partial charge in [0.1, 0.15) is 11.6 Å². The smallest absolute Gasteiger partial charge is 0.163 e. The molecule has 1 heterocycles. The Kier molecular flexibility index (Phi) is 5.89. The zero-order valence-corrected chi connectivity index (χ0v) is 11.6. The van der Waals surface area contributed by atoms with Crippen LogP contribution in [-0.2, 0) is 4.74 Å². The highest BCUT2D eigenvalue weighted by atomic mass is 16.5. The molecule has 7 nitrogen and oxygen atoms in total. The Labute approximate surface area is 123 Å². The number of hydrogen-bond acceptors (Lipinski definition) is 7. The number of benzene rings is 1. The van der Waals surface area contributed by atoms with Crippen LogP contribution in [0.2, 0.25) is 0 Å². The molecule has 1 aromatic carbocycles. The van der Waals surface area contributed by atoms with Crippen LogP contribution >= 0.6 is 0 Å². The molecule has 0 bridgehead atoms. The Bertz CT molecular complexity index is 550. The van der Waals surface area contributed by atoms with Crippen molar-refractivity contribution in [2.24, 2.45) is 5.84 Å². The van der Waals surface area contributed by atoms with Crippen molar-refractivity contribution in [1.82, 2.24) is 9.97 Å². The number of aliphatic hydroxyl groups excluding tert-OH is 1. The number of nitrogens with zero attached hydrogens (tertiary/aromatic N) is 2. The first-order chi connectivity index (χ1) is 10.3. The molecule has 0 atom stereocenters. The summed E-state index contributed by atoms with van der Waals surface area (Å²) in [6.45, 7) is 1.41. The monoisotopic (exact) mass is 289 g/mol. The van der Waals surface area contributed by atoms with Gasteiger partial charge in [-0.25, -0.2) is 15.8 Å². The number of hydrogen-bond donors (Lipinski definition) is 4. The minimum atomic E-state index is 0.0207. The van der Waals surface area contributed by atoms with Gasteiger partial charge in [-0.2, -0.15) is 0 Å². The molecular weight excluding hydrogens is 270 g/mol. The van der Waals surface area contributed by atoms with Gasteiger partial charge in [0.25, 0.3) is 0 Å². The van der Waals surface area contributed by atoms with Crippen molar-refractivity contribution >= 4 is 11.6 Å². The average Bonchev–Trinajstić information content (AvgIpc) is 2.55. The molecule has 0 saturated carbocycles. The highest BCUT2D eigenvalue weighted by molar-refractivity contribution is 5.60. The van der Waals surface area contributed by atoms with Gasteiger partial charge in [-0.1, -0.05) is 30.3 Å². The third-order valence-electron chi connectivity index (χ3n) is 2.69. The van der Waals surface area contributed by atoms with E-state index in [0.29, 0.717) is 37.2 Å². The van der Waals surface area contributed by atoms with Crippen LogP contribution in [-0.4, -0.2) is 41.4 Å². The second kappa shape index (κ2) is 8.15. The van der Waals surface area contributed by atoms with Gasteiger partial charge in [0, 0.05) is 18.2 Å². The van der Waals surface area contributed by atoms with Crippen LogP contribution in [0.15, 0.2) is 36.4 Å². The van der Waals surface area contributed by atoms with Gasteiger partial charge in [0.15, 0.2) is 5.82 Å². The maximum absolute atomic E-state index is 8.63. The van der Waals surface area contributed by atoms with Crippen molar-refractivity contribution in [2.45, 2.75) is 0 Å². The summed E-state index contributed by atoms with van der Waals surface area (Å²) in [7, 11) is 0. The van der Waals surface area contributed by atoms with Gasteiger partial charge in [-0.15, -0.1) is 0 Å². The summed E-state index contributed by atoms with van der Waals surface area (Å²) >= 11 is 0. The summed E-state index contributed by atoms with van der Waals surface area (Å²) < 4.78 is 5.18. The lowest BCUT2D eigenvalue weighted by atomic mass is 10.2. The molecule has 112 valence electrons. The Morgan fingerprint density at radius 1 is 1.10 bits per heavy atom. The molecule has 2 aromatic rings. The van der Waals surface area contributed by atoms with Gasteiger partial charge in [0.2, 0.25) is 0 Å². The van der Waals surface area contributed by atoms with Crippen molar-refractivity contribution in [3.8, 4) is 11.4 Å². The SMILES string of the molecule is NNc1cc(NCCOCCO)nc(-c2ccccc2)n1. The predicted molar refractivity (Wildman–Crippen MR) is 81.7 cm³/mol. The lowest BCUT2D eigenvalue weighted by molar-refractivity contribution is 0.0992. The van der Waals surface area contributed by atoms with Gasteiger partial charge in [-0.05, 0) is 0 Å². The Morgan fingerprint density at radius 2 is 1.86 bits per heavy atom. The van der Waals surface area contributed by atoms with Gasteiger partial charge in [-0.3, -0.25) is 0 Å². The average molecular weight is 289 g/mol. The third kappa shape index (κ3) is 4.67. The van der Waals surface area contributed by atoms with Crippen LogP contribution in [0, 0.1) is 0 Å². The van der Waals surface area contributed by atoms with Crippen LogP contribution in [0.4, 0.5) is 11.6 Å². The largest absolute Gasteiger partial charge is 0.394 e. The van der Waals surface area contributed by atoms with E-state index in [-0.39, 0.29) is 6.61 Å². The first-order valence-corrected chi connectivity index (χ1v) is 6.67. The van der Waals surface area contributed by atoms with Crippen molar-refractivity contribution in [1.29, 1.82) is 0 Å². The standard InChI is InChI=1S/C14H19N5O2/c15-19-13-10-12(16-6-8-21-9-7-20)17-14(18-13)11-4-2-1-3-5-11/h1-5,10,20H,6-9,15H2,(H2,16,17,18,19). The first kappa shape index (κ1) is 15.2. The number of aliphatic hydroxyl groups is 1. The number of aromatic nitrogens is 2. The van der Waals surface area contributed by atoms with E-state index in [9.17, 15) is 0 Å². The van der Waals surface area contributed by atoms with Crippen LogP contribution in [0.3, 0.4) is 0 Å². The number of rotatable bonds is 8. The molecule has 0 unspecified atom stereocenters. The molecule has 0 aliphatic heterocycles. The summed E-state index contributed by atoms with van der Waals surface area (Å²) in [5.41, 5.74) is 3.44. The van der Waals surface area contributed by atoms with Crippen molar-refractivity contribution < 1.29 is 9.84 Å². The molecule has 5 N–H and O–H groups in total. The fourth-order valence-electron chi connectivity index (χ4n) is 1.75. The first-order valence-electron chi connectivity index (χ1n) is 6.67. The van der Waals surface area contributed by atoms with Gasteiger partial charge >= 0.3 is 0 Å². The number of nitrogen functional groups attached to an aromatic ring is 1. The number of nitrogens with one attached hydrogen (secondary N) is 2. The summed E-state index contributed by atoms with van der Waals surface area (Å²) in [6, 6.07) is 11.4. The van der Waals surface area contributed by atoms with Crippen molar-refractivity contribution in [2.75, 3.05) is 37.1 Å². The van der Waals surface area contributed by atoms with Crippen LogP contribution in [0.1, 0.15) is 0 Å². The van der Waals surface area contributed by atoms with Crippen molar-refractivity contribution in [3.05, 3.63) is 36.4 Å². The third-order valence-corrected chi connectivity index (χ3v) is 2.69. The quantitative estimate of drug-likeness (QED) is 0.324. The molecule has 1 aromatic heterocycles. The number of ether oxygens (including phenoxy) is 1. The zero-order valence-electron chi connectivity index (χ0n) is 11.6. The molecular formula is C14H19N5O2. The zero-order chi connectivity index (χ0) is 14.9. The molecule has 0 aliphatic rings. The van der Waals surface area contributed by atoms with E-state index in [4.69, 9.17) is 15.7 Å². The van der Waals surface area contributed by atoms with E-state index in [1.807, 2.05) is 30.3 Å². The van der Waals surface area contributed by atoms with Gasteiger partial charge < -0.3 is 20.6 Å². The topological polar surface area (TPSA) is 105 Å². The molecule has 0 fully saturated rings. The number of anilines is 2. The second-order valence-corrected chi connectivity index (χ2v) is 4.24. The Hall–Kier alpha value is -2.22. The summed E-state index contributed by atoms with van der Waals surface area (Å²) in [6.07, 6.45) is 0. The molecule has 0 amide bonds. The normalized spacial score (nSPS) is 10.4. The van der Waals surface area contributed by atoms with E-state index in [0.717, 1.165) is 5.56 Å². The van der Waals surface area contributed by atoms with E-state index >= 15 is 0 Å². The molecule has 0 radical (unpaired) electrons. The fraction of sp³-hybridized carbons (Fsp3) is 0.286. The van der Waals surface area contributed by atoms with Crippen LogP contribution in [0.5, 0.6) is 0 Å². The maximum Gasteiger partial charge on any atom is 0.163 e. The summed E-state index contributed by atoms with van der Waals surface area (Å²) in [5.74, 6) is 7.21. The minimum absolute atomic E-state index is 0.0207. The minimum Gasteiger partial charge on any atom is -0.394 e. The molecule has 7 heteroatoms. The maximum atomic E-state index is 8.63. The van der Waals surface area contributed by atoms with Gasteiger partial charge in [0.05, 0.1) is 19.8 Å². The predicted octanol–water partition coefficient (Wildman–Crippen LogP) is 0.850. The highest BCUT2D eigenvalue weighted by Crippen LogP contribution is 2.19. The molecule has 2 rings (SSSR count). The summed E-state index contributed by atoms with van der Waals surface area (Å²) in [4.78, 5) is 8.77. The fourth-order valence-corrected chi connectivity index (χ4v) is 1.75. The molecule has 0 aliphatic carbocycles. The van der Waals surface area contributed by atoms with Crippen LogP contribution in [0.25, 0.3) is 11.4 Å². The van der Waals surface area contributed by atoms with E-state index in [2.05, 4.69) is 20.7 Å². The summed E-state index contributed by atoms with van der Waals surface area (Å²) in [5, 5.41) is 11.8. The van der Waals surface area contributed by atoms with Crippen molar-refractivity contribution in [3.63, 3.8) is 0 Å². The highest BCUT2D eigenvalue weighted by Gasteiger charge is 2.05. The van der Waals surface area contributed by atoms with E-state index < -0.39 is 0 Å². The lowest BCUT2D eigenvalue weighted by Gasteiger charge is -2.10. The van der Waals surface area contributed by atoms with E-state index in [1.54, 1.807) is 6.07 Å². The lowest BCUT2D eigenvalue weighted by Crippen LogP contribution is -2.14. The van der Waals surface area contributed by atoms with E-state index in [1.165, 1.54) is 0 Å². The Balaban J connectivity index is 2.07. The Morgan fingerprint density at radius 3 is 2.57 bits per heavy atom. The molecule has 0 saturated heterocycles. The number of hydrazine groups is 1. The second-order valence-electron chi connectivity index (χ2n) is 4.24. The molecule has 21 heavy (non-hydrogen) atoms. The van der Waals surface area contributed by atoms with Crippen LogP contribution < -0.4 is 16.6 Å². The molecule has 0 spiro atoms. The number of nitrogens with two attached hydrogens (primary N) is 1.